The minimum absolute atomic E-state index is 0.0150. The summed E-state index contributed by atoms with van der Waals surface area (Å²) in [5.74, 6) is -0.750. The van der Waals surface area contributed by atoms with Crippen LogP contribution in [0.2, 0.25) is 0 Å². The molecule has 1 saturated heterocycles. The third-order valence-electron chi connectivity index (χ3n) is 7.11. The lowest BCUT2D eigenvalue weighted by Gasteiger charge is -2.39. The first kappa shape index (κ1) is 22.5. The summed E-state index contributed by atoms with van der Waals surface area (Å²) in [7, 11) is 1.52. The molecule has 1 amide bonds. The maximum absolute atomic E-state index is 14.2. The number of hydrogen-bond acceptors (Lipinski definition) is 4. The molecule has 1 heterocycles. The van der Waals surface area contributed by atoms with Crippen molar-refractivity contribution in [1.82, 2.24) is 9.80 Å². The second-order valence-corrected chi connectivity index (χ2v) is 8.85. The van der Waals surface area contributed by atoms with E-state index in [1.165, 1.54) is 18.0 Å². The highest BCUT2D eigenvalue weighted by Crippen LogP contribution is 2.49. The molecule has 1 aromatic carbocycles. The minimum atomic E-state index is -4.95. The molecule has 6 nitrogen and oxygen atoms in total. The van der Waals surface area contributed by atoms with Gasteiger partial charge < -0.3 is 4.90 Å². The lowest BCUT2D eigenvalue weighted by Crippen LogP contribution is -2.53. The summed E-state index contributed by atoms with van der Waals surface area (Å²) in [4.78, 5) is 27.5. The number of carbonyl (C=O) groups excluding carboxylic acids is 1. The summed E-state index contributed by atoms with van der Waals surface area (Å²) in [6, 6.07) is 5.25. The third-order valence-corrected chi connectivity index (χ3v) is 7.11. The molecule has 0 aromatic heterocycles. The van der Waals surface area contributed by atoms with Crippen molar-refractivity contribution in [3.8, 4) is 0 Å². The standard InChI is InChI=1S/C23H26F3N3O3/c1-27(20(30)15-22(23(24,25)26)11-5-4-10-19(22)29(31)32)21-17-9-3-2-8-16(17)14-18(21)28-12-6-7-13-28/h2-5,8-11,18-19,21H,6-7,12-15H2,1H3/t18-,19?,21-,22?/m1/s1. The van der Waals surface area contributed by atoms with Crippen molar-refractivity contribution in [2.75, 3.05) is 20.1 Å². The summed E-state index contributed by atoms with van der Waals surface area (Å²) < 4.78 is 42.6. The summed E-state index contributed by atoms with van der Waals surface area (Å²) in [5.41, 5.74) is -0.854. The molecule has 2 unspecified atom stereocenters. The number of hydrogen-bond donors (Lipinski definition) is 0. The van der Waals surface area contributed by atoms with Crippen molar-refractivity contribution in [2.24, 2.45) is 5.41 Å². The number of halogens is 3. The van der Waals surface area contributed by atoms with Crippen molar-refractivity contribution in [3.63, 3.8) is 0 Å². The molecule has 1 aliphatic heterocycles. The SMILES string of the molecule is CN(C(=O)CC1(C(F)(F)F)C=CC=CC1[N+](=O)[O-])[C@@H]1c2ccccc2C[C@H]1N1CCCC1. The van der Waals surface area contributed by atoms with Gasteiger partial charge in [0.2, 0.25) is 11.9 Å². The molecule has 0 bridgehead atoms. The van der Waals surface area contributed by atoms with Crippen LogP contribution >= 0.6 is 0 Å². The number of allylic oxidation sites excluding steroid dienone is 2. The predicted octanol–water partition coefficient (Wildman–Crippen LogP) is 3.92. The second-order valence-electron chi connectivity index (χ2n) is 8.85. The largest absolute Gasteiger partial charge is 0.405 e. The smallest absolute Gasteiger partial charge is 0.337 e. The van der Waals surface area contributed by atoms with Gasteiger partial charge in [0.1, 0.15) is 0 Å². The van der Waals surface area contributed by atoms with E-state index in [0.29, 0.717) is 0 Å². The Morgan fingerprint density at radius 2 is 1.94 bits per heavy atom. The molecule has 1 fully saturated rings. The van der Waals surface area contributed by atoms with Gasteiger partial charge in [0, 0.05) is 18.0 Å². The molecule has 4 atom stereocenters. The van der Waals surface area contributed by atoms with Crippen molar-refractivity contribution >= 4 is 5.91 Å². The highest BCUT2D eigenvalue weighted by molar-refractivity contribution is 5.78. The van der Waals surface area contributed by atoms with Gasteiger partial charge in [-0.2, -0.15) is 13.2 Å². The molecule has 2 aliphatic carbocycles. The van der Waals surface area contributed by atoms with Crippen LogP contribution in [-0.2, 0) is 11.2 Å². The first-order chi connectivity index (χ1) is 15.2. The lowest BCUT2D eigenvalue weighted by molar-refractivity contribution is -0.538. The van der Waals surface area contributed by atoms with Crippen LogP contribution in [0.4, 0.5) is 13.2 Å². The van der Waals surface area contributed by atoms with Crippen molar-refractivity contribution in [3.05, 3.63) is 69.8 Å². The Morgan fingerprint density at radius 3 is 2.59 bits per heavy atom. The Hall–Kier alpha value is -2.68. The van der Waals surface area contributed by atoms with Gasteiger partial charge in [-0.15, -0.1) is 0 Å². The van der Waals surface area contributed by atoms with Crippen LogP contribution in [0.1, 0.15) is 36.4 Å². The monoisotopic (exact) mass is 449 g/mol. The van der Waals surface area contributed by atoms with E-state index in [2.05, 4.69) is 4.90 Å². The molecule has 1 aromatic rings. The average Bonchev–Trinajstić information content (AvgIpc) is 3.40. The maximum Gasteiger partial charge on any atom is 0.405 e. The number of likely N-dealkylation sites (tertiary alicyclic amines) is 1. The van der Waals surface area contributed by atoms with Crippen LogP contribution in [0.3, 0.4) is 0 Å². The highest BCUT2D eigenvalue weighted by Gasteiger charge is 2.64. The Balaban J connectivity index is 1.66. The molecular formula is C23H26F3N3O3. The number of nitrogens with zero attached hydrogens (tertiary/aromatic N) is 3. The molecule has 3 aliphatic rings. The normalized spacial score (nSPS) is 29.8. The topological polar surface area (TPSA) is 66.7 Å². The summed E-state index contributed by atoms with van der Waals surface area (Å²) >= 11 is 0. The molecule has 4 rings (SSSR count). The highest BCUT2D eigenvalue weighted by atomic mass is 19.4. The fourth-order valence-corrected chi connectivity index (χ4v) is 5.40. The fourth-order valence-electron chi connectivity index (χ4n) is 5.40. The van der Waals surface area contributed by atoms with Gasteiger partial charge >= 0.3 is 6.18 Å². The van der Waals surface area contributed by atoms with E-state index in [4.69, 9.17) is 0 Å². The van der Waals surface area contributed by atoms with Crippen molar-refractivity contribution in [2.45, 2.75) is 50.0 Å². The Morgan fingerprint density at radius 1 is 1.25 bits per heavy atom. The summed E-state index contributed by atoms with van der Waals surface area (Å²) in [6.07, 6.45) is 0.914. The zero-order valence-corrected chi connectivity index (χ0v) is 17.8. The molecule has 0 N–H and O–H groups in total. The van der Waals surface area contributed by atoms with Gasteiger partial charge in [-0.3, -0.25) is 19.8 Å². The number of carbonyl (C=O) groups is 1. The number of likely N-dealkylation sites (N-methyl/N-ethyl adjacent to an activating group) is 1. The van der Waals surface area contributed by atoms with Gasteiger partial charge in [-0.1, -0.05) is 42.5 Å². The molecule has 0 saturated carbocycles. The van der Waals surface area contributed by atoms with Crippen LogP contribution in [0.15, 0.2) is 48.6 Å². The van der Waals surface area contributed by atoms with E-state index in [1.54, 1.807) is 0 Å². The Kier molecular flexibility index (Phi) is 5.87. The van der Waals surface area contributed by atoms with Crippen LogP contribution < -0.4 is 0 Å². The zero-order valence-electron chi connectivity index (χ0n) is 17.8. The van der Waals surface area contributed by atoms with E-state index < -0.39 is 34.9 Å². The van der Waals surface area contributed by atoms with Gasteiger partial charge in [-0.25, -0.2) is 0 Å². The predicted molar refractivity (Wildman–Crippen MR) is 112 cm³/mol. The lowest BCUT2D eigenvalue weighted by atomic mass is 9.73. The Labute approximate surface area is 184 Å². The van der Waals surface area contributed by atoms with E-state index in [1.807, 2.05) is 24.3 Å². The number of rotatable bonds is 5. The van der Waals surface area contributed by atoms with Crippen LogP contribution in [0.25, 0.3) is 0 Å². The number of alkyl halides is 3. The fraction of sp³-hybridized carbons (Fsp3) is 0.522. The van der Waals surface area contributed by atoms with Gasteiger partial charge in [-0.05, 0) is 49.6 Å². The van der Waals surface area contributed by atoms with E-state index >= 15 is 0 Å². The Bertz CT molecular complexity index is 955. The van der Waals surface area contributed by atoms with Crippen LogP contribution in [0, 0.1) is 15.5 Å². The van der Waals surface area contributed by atoms with E-state index in [-0.39, 0.29) is 12.1 Å². The van der Waals surface area contributed by atoms with Gasteiger partial charge in [0.05, 0.1) is 12.5 Å². The number of amides is 1. The average molecular weight is 449 g/mol. The molecule has 9 heteroatoms. The first-order valence-electron chi connectivity index (χ1n) is 10.8. The van der Waals surface area contributed by atoms with Crippen LogP contribution in [0.5, 0.6) is 0 Å². The number of benzene rings is 1. The van der Waals surface area contributed by atoms with E-state index in [9.17, 15) is 28.1 Å². The quantitative estimate of drug-likeness (QED) is 0.505. The number of nitro groups is 1. The molecule has 32 heavy (non-hydrogen) atoms. The second kappa shape index (κ2) is 8.35. The van der Waals surface area contributed by atoms with Gasteiger partial charge in [0.15, 0.2) is 5.41 Å². The van der Waals surface area contributed by atoms with Crippen molar-refractivity contribution < 1.29 is 22.9 Å². The van der Waals surface area contributed by atoms with Crippen molar-refractivity contribution in [1.29, 1.82) is 0 Å². The molecule has 0 radical (unpaired) electrons. The first-order valence-corrected chi connectivity index (χ1v) is 10.8. The third kappa shape index (κ3) is 3.72. The number of fused-ring (bicyclic) bond motifs is 1. The van der Waals surface area contributed by atoms with E-state index in [0.717, 1.165) is 61.7 Å². The summed E-state index contributed by atoms with van der Waals surface area (Å²) in [6.45, 7) is 1.78. The maximum atomic E-state index is 14.2. The van der Waals surface area contributed by atoms with Gasteiger partial charge in [0.25, 0.3) is 0 Å². The molecular weight excluding hydrogens is 423 g/mol. The zero-order chi connectivity index (χ0) is 23.1. The molecule has 172 valence electrons. The minimum Gasteiger partial charge on any atom is -0.337 e. The van der Waals surface area contributed by atoms with Crippen LogP contribution in [-0.4, -0.2) is 59.0 Å². The summed E-state index contributed by atoms with van der Waals surface area (Å²) in [5, 5.41) is 11.5. The molecule has 0 spiro atoms.